The molecule has 2 bridgehead atoms. The fraction of sp³-hybridized carbons (Fsp3) is 0.481. The standard InChI is InChI=1S/C27H31NO5S2/c1-14-7-17-9-15(2)10-18(8-14)24(17)28-26(30)23(35-27(28)34)13-19-5-6-20(33-19)16-11-21(31-3)25(29)22(12-16)32-4/h5-6,11-15,17-18,24,29H,7-10H2,1-4H3/b23-13-. The molecule has 5 rings (SSSR count). The summed E-state index contributed by atoms with van der Waals surface area (Å²) in [5.74, 6) is 4.11. The van der Waals surface area contributed by atoms with Gasteiger partial charge in [-0.25, -0.2) is 0 Å². The van der Waals surface area contributed by atoms with E-state index in [1.54, 1.807) is 18.2 Å². The van der Waals surface area contributed by atoms with Gasteiger partial charge >= 0.3 is 0 Å². The number of ether oxygens (including phenoxy) is 2. The van der Waals surface area contributed by atoms with Gasteiger partial charge in [-0.05, 0) is 73.6 Å². The Hall–Kier alpha value is -2.45. The lowest BCUT2D eigenvalue weighted by molar-refractivity contribution is -0.128. The number of hydrogen-bond acceptors (Lipinski definition) is 7. The van der Waals surface area contributed by atoms with Crippen LogP contribution in [0.1, 0.15) is 45.3 Å². The molecule has 1 aliphatic heterocycles. The summed E-state index contributed by atoms with van der Waals surface area (Å²) in [7, 11) is 2.96. The quantitative estimate of drug-likeness (QED) is 0.370. The minimum atomic E-state index is -0.0644. The van der Waals surface area contributed by atoms with Gasteiger partial charge in [-0.1, -0.05) is 37.8 Å². The van der Waals surface area contributed by atoms with Gasteiger partial charge in [-0.3, -0.25) is 9.69 Å². The molecular formula is C27H31NO5S2. The summed E-state index contributed by atoms with van der Waals surface area (Å²) in [5, 5.41) is 10.2. The maximum Gasteiger partial charge on any atom is 0.266 e. The van der Waals surface area contributed by atoms with Crippen LogP contribution in [0.3, 0.4) is 0 Å². The van der Waals surface area contributed by atoms with Gasteiger partial charge in [0.05, 0.1) is 19.1 Å². The van der Waals surface area contributed by atoms with Crippen LogP contribution in [-0.2, 0) is 4.79 Å². The van der Waals surface area contributed by atoms with Crippen molar-refractivity contribution in [1.29, 1.82) is 0 Å². The molecule has 2 heterocycles. The van der Waals surface area contributed by atoms with Crippen LogP contribution in [0.15, 0.2) is 33.6 Å². The molecule has 2 aliphatic carbocycles. The number of furan rings is 1. The number of amides is 1. The van der Waals surface area contributed by atoms with E-state index in [2.05, 4.69) is 13.8 Å². The number of hydrogen-bond donors (Lipinski definition) is 1. The Balaban J connectivity index is 1.40. The zero-order chi connectivity index (χ0) is 24.9. The van der Waals surface area contributed by atoms with E-state index >= 15 is 0 Å². The number of thioether (sulfide) groups is 1. The third kappa shape index (κ3) is 4.47. The van der Waals surface area contributed by atoms with Crippen molar-refractivity contribution in [3.63, 3.8) is 0 Å². The minimum absolute atomic E-state index is 0.00460. The van der Waals surface area contributed by atoms with Crippen LogP contribution in [0.4, 0.5) is 0 Å². The maximum atomic E-state index is 13.5. The van der Waals surface area contributed by atoms with E-state index in [-0.39, 0.29) is 17.7 Å². The van der Waals surface area contributed by atoms with Gasteiger partial charge in [0.15, 0.2) is 11.5 Å². The van der Waals surface area contributed by atoms with E-state index in [0.29, 0.717) is 61.5 Å². The Kier molecular flexibility index (Phi) is 6.61. The molecule has 3 aliphatic rings. The van der Waals surface area contributed by atoms with Crippen LogP contribution >= 0.6 is 24.0 Å². The summed E-state index contributed by atoms with van der Waals surface area (Å²) >= 11 is 7.09. The first-order valence-corrected chi connectivity index (χ1v) is 13.3. The Morgan fingerprint density at radius 3 is 2.17 bits per heavy atom. The first-order valence-electron chi connectivity index (χ1n) is 12.1. The summed E-state index contributed by atoms with van der Waals surface area (Å²) in [4.78, 5) is 16.1. The number of nitrogens with zero attached hydrogens (tertiary/aromatic N) is 1. The van der Waals surface area contributed by atoms with Crippen molar-refractivity contribution in [1.82, 2.24) is 4.90 Å². The summed E-state index contributed by atoms with van der Waals surface area (Å²) in [6.07, 6.45) is 6.46. The first kappa shape index (κ1) is 24.3. The van der Waals surface area contributed by atoms with Crippen molar-refractivity contribution in [2.45, 2.75) is 45.6 Å². The van der Waals surface area contributed by atoms with Crippen molar-refractivity contribution in [2.75, 3.05) is 14.2 Å². The molecule has 186 valence electrons. The average molecular weight is 514 g/mol. The molecule has 0 atom stereocenters. The van der Waals surface area contributed by atoms with Crippen LogP contribution in [0, 0.1) is 23.7 Å². The second-order valence-electron chi connectivity index (χ2n) is 10.1. The molecule has 3 fully saturated rings. The minimum Gasteiger partial charge on any atom is -0.502 e. The molecule has 0 spiro atoms. The third-order valence-electron chi connectivity index (χ3n) is 7.57. The molecule has 6 nitrogen and oxygen atoms in total. The monoisotopic (exact) mass is 513 g/mol. The fourth-order valence-electron chi connectivity index (χ4n) is 6.30. The Bertz CT molecular complexity index is 1130. The molecule has 0 unspecified atom stereocenters. The van der Waals surface area contributed by atoms with Gasteiger partial charge in [0, 0.05) is 17.7 Å². The molecule has 1 aromatic heterocycles. The topological polar surface area (TPSA) is 72.1 Å². The van der Waals surface area contributed by atoms with Gasteiger partial charge in [0.1, 0.15) is 15.8 Å². The number of carbonyl (C=O) groups excluding carboxylic acids is 1. The number of fused-ring (bicyclic) bond motifs is 2. The van der Waals surface area contributed by atoms with Gasteiger partial charge in [-0.2, -0.15) is 0 Å². The molecular weight excluding hydrogens is 482 g/mol. The van der Waals surface area contributed by atoms with Gasteiger partial charge in [0.2, 0.25) is 5.75 Å². The Labute approximate surface area is 215 Å². The van der Waals surface area contributed by atoms with E-state index in [0.717, 1.165) is 0 Å². The number of benzene rings is 1. The van der Waals surface area contributed by atoms with Crippen LogP contribution in [0.2, 0.25) is 0 Å². The van der Waals surface area contributed by atoms with Gasteiger partial charge in [0.25, 0.3) is 5.91 Å². The lowest BCUT2D eigenvalue weighted by atomic mass is 9.62. The zero-order valence-electron chi connectivity index (χ0n) is 20.4. The van der Waals surface area contributed by atoms with Gasteiger partial charge < -0.3 is 19.0 Å². The van der Waals surface area contributed by atoms with E-state index in [9.17, 15) is 9.90 Å². The molecule has 1 saturated heterocycles. The van der Waals surface area contributed by atoms with Crippen LogP contribution in [0.25, 0.3) is 17.4 Å². The second-order valence-corrected chi connectivity index (χ2v) is 11.8. The largest absolute Gasteiger partial charge is 0.502 e. The number of phenolic OH excluding ortho intramolecular Hbond substituents is 1. The zero-order valence-corrected chi connectivity index (χ0v) is 22.1. The number of phenols is 1. The number of thiocarbonyl (C=S) groups is 1. The van der Waals surface area contributed by atoms with Crippen molar-refractivity contribution in [3.05, 3.63) is 34.9 Å². The van der Waals surface area contributed by atoms with E-state index in [1.807, 2.05) is 17.0 Å². The van der Waals surface area contributed by atoms with Crippen LogP contribution < -0.4 is 9.47 Å². The molecule has 1 N–H and O–H groups in total. The van der Waals surface area contributed by atoms with Crippen LogP contribution in [-0.4, -0.2) is 40.5 Å². The molecule has 8 heteroatoms. The molecule has 1 amide bonds. The van der Waals surface area contributed by atoms with Crippen LogP contribution in [0.5, 0.6) is 17.2 Å². The average Bonchev–Trinajstić information content (AvgIpc) is 3.38. The lowest BCUT2D eigenvalue weighted by Gasteiger charge is -2.50. The maximum absolute atomic E-state index is 13.5. The highest BCUT2D eigenvalue weighted by Gasteiger charge is 2.49. The smallest absolute Gasteiger partial charge is 0.266 e. The highest BCUT2D eigenvalue weighted by Crippen LogP contribution is 2.50. The molecule has 0 radical (unpaired) electrons. The third-order valence-corrected chi connectivity index (χ3v) is 8.90. The van der Waals surface area contributed by atoms with Crippen molar-refractivity contribution in [3.8, 4) is 28.6 Å². The number of rotatable bonds is 5. The summed E-state index contributed by atoms with van der Waals surface area (Å²) in [6.45, 7) is 4.67. The number of aromatic hydroxyl groups is 1. The summed E-state index contributed by atoms with van der Waals surface area (Å²) in [5.41, 5.74) is 0.696. The van der Waals surface area contributed by atoms with Crippen molar-refractivity contribution >= 4 is 40.3 Å². The molecule has 1 aromatic carbocycles. The highest BCUT2D eigenvalue weighted by atomic mass is 32.2. The summed E-state index contributed by atoms with van der Waals surface area (Å²) in [6, 6.07) is 7.23. The summed E-state index contributed by atoms with van der Waals surface area (Å²) < 4.78 is 17.2. The highest BCUT2D eigenvalue weighted by molar-refractivity contribution is 8.26. The van der Waals surface area contributed by atoms with Crippen molar-refractivity contribution in [2.24, 2.45) is 23.7 Å². The van der Waals surface area contributed by atoms with E-state index in [1.165, 1.54) is 51.7 Å². The predicted octanol–water partition coefficient (Wildman–Crippen LogP) is 6.33. The second kappa shape index (κ2) is 9.54. The van der Waals surface area contributed by atoms with E-state index in [4.69, 9.17) is 26.1 Å². The Morgan fingerprint density at radius 2 is 1.63 bits per heavy atom. The Morgan fingerprint density at radius 1 is 1.06 bits per heavy atom. The first-order chi connectivity index (χ1) is 16.8. The molecule has 2 aromatic rings. The van der Waals surface area contributed by atoms with Gasteiger partial charge in [-0.15, -0.1) is 0 Å². The SMILES string of the molecule is COc1cc(-c2ccc(/C=C3\SC(=S)N(C4C5CC(C)CC4CC(C)C5)C3=O)o2)cc(OC)c1O. The number of methoxy groups -OCH3 is 2. The molecule has 35 heavy (non-hydrogen) atoms. The lowest BCUT2D eigenvalue weighted by Crippen LogP contribution is -2.54. The van der Waals surface area contributed by atoms with Crippen molar-refractivity contribution < 1.29 is 23.8 Å². The molecule has 2 saturated carbocycles. The predicted molar refractivity (Wildman–Crippen MR) is 141 cm³/mol. The number of carbonyl (C=O) groups is 1. The normalized spacial score (nSPS) is 29.7. The fourth-order valence-corrected chi connectivity index (χ4v) is 7.63. The van der Waals surface area contributed by atoms with E-state index < -0.39 is 0 Å².